The molecule has 1 amide bonds. The van der Waals surface area contributed by atoms with Gasteiger partial charge in [0.2, 0.25) is 0 Å². The van der Waals surface area contributed by atoms with Gasteiger partial charge in [0.1, 0.15) is 17.8 Å². The second-order valence-corrected chi connectivity index (χ2v) is 7.13. The lowest BCUT2D eigenvalue weighted by Gasteiger charge is -2.15. The standard InChI is InChI=1S/C15H14F3N3O2.C4H11N/c1-10(21-14(22)13-5-6-19-9-20-13)11-3-2-4-12(7-11)23-8-15(16,17)18;1-4(2,3)5/h2-7,9-10H,8H2,1H3,(H,21,22);5H2,1-3H3. The highest BCUT2D eigenvalue weighted by molar-refractivity contribution is 5.92. The van der Waals surface area contributed by atoms with Gasteiger partial charge >= 0.3 is 6.18 Å². The summed E-state index contributed by atoms with van der Waals surface area (Å²) in [5.74, 6) is -0.315. The summed E-state index contributed by atoms with van der Waals surface area (Å²) in [5.41, 5.74) is 6.18. The Morgan fingerprint density at radius 1 is 1.25 bits per heavy atom. The zero-order valence-corrected chi connectivity index (χ0v) is 16.2. The number of alkyl halides is 3. The molecule has 0 aliphatic heterocycles. The highest BCUT2D eigenvalue weighted by Crippen LogP contribution is 2.22. The van der Waals surface area contributed by atoms with Crippen LogP contribution in [-0.2, 0) is 0 Å². The van der Waals surface area contributed by atoms with Gasteiger partial charge in [0.25, 0.3) is 5.91 Å². The van der Waals surface area contributed by atoms with Gasteiger partial charge in [-0.25, -0.2) is 9.97 Å². The fourth-order valence-corrected chi connectivity index (χ4v) is 1.82. The Morgan fingerprint density at radius 3 is 2.43 bits per heavy atom. The smallest absolute Gasteiger partial charge is 0.422 e. The minimum absolute atomic E-state index is 0. The maximum atomic E-state index is 12.2. The van der Waals surface area contributed by atoms with Gasteiger partial charge in [-0.3, -0.25) is 4.79 Å². The maximum absolute atomic E-state index is 12.2. The van der Waals surface area contributed by atoms with Gasteiger partial charge in [-0.05, 0) is 51.5 Å². The molecular formula is C19H25F3N4O2. The van der Waals surface area contributed by atoms with Crippen molar-refractivity contribution < 1.29 is 22.7 Å². The lowest BCUT2D eigenvalue weighted by atomic mass is 10.1. The van der Waals surface area contributed by atoms with Crippen molar-refractivity contribution in [2.45, 2.75) is 45.5 Å². The third-order valence-corrected chi connectivity index (χ3v) is 2.92. The van der Waals surface area contributed by atoms with Gasteiger partial charge in [0, 0.05) is 11.7 Å². The van der Waals surface area contributed by atoms with Crippen LogP contribution in [0.25, 0.3) is 0 Å². The van der Waals surface area contributed by atoms with Crippen LogP contribution in [0.3, 0.4) is 0 Å². The molecule has 0 radical (unpaired) electrons. The number of rotatable bonds is 5. The number of nitrogens with two attached hydrogens (primary N) is 1. The molecule has 2 rings (SSSR count). The SMILES string of the molecule is CC(C)(C)N.CC(NC(=O)c1ccncn1)c1cccc(OCC(F)(F)F)c1. The van der Waals surface area contributed by atoms with Crippen LogP contribution >= 0.6 is 0 Å². The Bertz CT molecular complexity index is 741. The minimum atomic E-state index is -4.40. The van der Waals surface area contributed by atoms with E-state index >= 15 is 0 Å². The van der Waals surface area contributed by atoms with Crippen LogP contribution in [0.2, 0.25) is 0 Å². The number of hydrogen-bond donors (Lipinski definition) is 2. The molecule has 1 aromatic heterocycles. The second kappa shape index (κ2) is 10.0. The first kappa shape index (κ1) is 23.4. The lowest BCUT2D eigenvalue weighted by Crippen LogP contribution is -2.27. The van der Waals surface area contributed by atoms with Crippen molar-refractivity contribution >= 4 is 5.91 Å². The predicted molar refractivity (Wildman–Crippen MR) is 99.8 cm³/mol. The van der Waals surface area contributed by atoms with Crippen LogP contribution < -0.4 is 15.8 Å². The van der Waals surface area contributed by atoms with E-state index in [9.17, 15) is 18.0 Å². The molecule has 0 aliphatic rings. The van der Waals surface area contributed by atoms with Crippen molar-refractivity contribution in [3.05, 3.63) is 54.1 Å². The number of benzene rings is 1. The number of carbonyl (C=O) groups is 1. The van der Waals surface area contributed by atoms with Gasteiger partial charge < -0.3 is 15.8 Å². The first-order chi connectivity index (χ1) is 12.8. The van der Waals surface area contributed by atoms with Crippen molar-refractivity contribution in [2.75, 3.05) is 6.61 Å². The van der Waals surface area contributed by atoms with Crippen LogP contribution in [0.5, 0.6) is 5.75 Å². The summed E-state index contributed by atoms with van der Waals surface area (Å²) in [7, 11) is 0. The fraction of sp³-hybridized carbons (Fsp3) is 0.421. The average molecular weight is 398 g/mol. The van der Waals surface area contributed by atoms with Crippen LogP contribution in [-0.4, -0.2) is 34.2 Å². The average Bonchev–Trinajstić information content (AvgIpc) is 2.59. The molecule has 1 atom stereocenters. The van der Waals surface area contributed by atoms with Crippen molar-refractivity contribution in [1.29, 1.82) is 0 Å². The Morgan fingerprint density at radius 2 is 1.89 bits per heavy atom. The molecule has 1 unspecified atom stereocenters. The van der Waals surface area contributed by atoms with Crippen LogP contribution in [0.4, 0.5) is 13.2 Å². The van der Waals surface area contributed by atoms with E-state index in [0.717, 1.165) is 0 Å². The van der Waals surface area contributed by atoms with Crippen LogP contribution in [0, 0.1) is 0 Å². The summed E-state index contributed by atoms with van der Waals surface area (Å²) >= 11 is 0. The van der Waals surface area contributed by atoms with E-state index in [4.69, 9.17) is 10.5 Å². The Kier molecular flexibility index (Phi) is 8.36. The lowest BCUT2D eigenvalue weighted by molar-refractivity contribution is -0.153. The first-order valence-electron chi connectivity index (χ1n) is 8.50. The molecule has 0 bridgehead atoms. The molecule has 28 heavy (non-hydrogen) atoms. The van der Waals surface area contributed by atoms with E-state index in [1.54, 1.807) is 19.1 Å². The number of nitrogens with zero attached hydrogens (tertiary/aromatic N) is 2. The molecule has 2 aromatic rings. The summed E-state index contributed by atoms with van der Waals surface area (Å²) in [4.78, 5) is 19.5. The zero-order valence-electron chi connectivity index (χ0n) is 16.2. The van der Waals surface area contributed by atoms with Crippen molar-refractivity contribution in [3.63, 3.8) is 0 Å². The topological polar surface area (TPSA) is 90.1 Å². The highest BCUT2D eigenvalue weighted by atomic mass is 19.4. The van der Waals surface area contributed by atoms with Gasteiger partial charge in [0.05, 0.1) is 6.04 Å². The molecule has 3 N–H and O–H groups in total. The number of nitrogens with one attached hydrogen (secondary N) is 1. The van der Waals surface area contributed by atoms with Crippen molar-refractivity contribution in [1.82, 2.24) is 15.3 Å². The summed E-state index contributed by atoms with van der Waals surface area (Å²) in [6.45, 7) is 6.24. The Labute approximate surface area is 162 Å². The molecule has 6 nitrogen and oxygen atoms in total. The summed E-state index contributed by atoms with van der Waals surface area (Å²) in [6.07, 6.45) is -1.70. The predicted octanol–water partition coefficient (Wildman–Crippen LogP) is 3.65. The number of amides is 1. The first-order valence-corrected chi connectivity index (χ1v) is 8.50. The molecule has 1 heterocycles. The molecule has 0 saturated heterocycles. The van der Waals surface area contributed by atoms with Crippen LogP contribution in [0.15, 0.2) is 42.9 Å². The van der Waals surface area contributed by atoms with Crippen molar-refractivity contribution in [3.8, 4) is 5.75 Å². The summed E-state index contributed by atoms with van der Waals surface area (Å²) < 4.78 is 41.2. The number of hydrogen-bond acceptors (Lipinski definition) is 5. The zero-order chi connectivity index (χ0) is 21.4. The quantitative estimate of drug-likeness (QED) is 0.802. The second-order valence-electron chi connectivity index (χ2n) is 7.13. The van der Waals surface area contributed by atoms with Crippen molar-refractivity contribution in [2.24, 2.45) is 5.73 Å². The summed E-state index contributed by atoms with van der Waals surface area (Å²) in [5, 5.41) is 2.71. The monoisotopic (exact) mass is 398 g/mol. The molecule has 1 aromatic carbocycles. The number of carbonyl (C=O) groups excluding carboxylic acids is 1. The van der Waals surface area contributed by atoms with E-state index < -0.39 is 24.7 Å². The molecule has 0 spiro atoms. The normalized spacial score (nSPS) is 12.4. The van der Waals surface area contributed by atoms with Crippen LogP contribution in [0.1, 0.15) is 49.8 Å². The van der Waals surface area contributed by atoms with E-state index in [1.165, 1.54) is 30.7 Å². The van der Waals surface area contributed by atoms with E-state index in [1.807, 2.05) is 20.8 Å². The molecule has 0 fully saturated rings. The number of halogens is 3. The van der Waals surface area contributed by atoms with Gasteiger partial charge in [-0.2, -0.15) is 13.2 Å². The Hall–Kier alpha value is -2.68. The number of aromatic nitrogens is 2. The Balaban J connectivity index is 0.000000696. The van der Waals surface area contributed by atoms with E-state index in [-0.39, 0.29) is 17.0 Å². The number of ether oxygens (including phenoxy) is 1. The maximum Gasteiger partial charge on any atom is 0.422 e. The molecule has 0 aliphatic carbocycles. The van der Waals surface area contributed by atoms with E-state index in [2.05, 4.69) is 15.3 Å². The molecule has 154 valence electrons. The third kappa shape index (κ3) is 10.5. The van der Waals surface area contributed by atoms with Gasteiger partial charge in [-0.1, -0.05) is 12.1 Å². The van der Waals surface area contributed by atoms with Gasteiger partial charge in [0.15, 0.2) is 6.61 Å². The summed E-state index contributed by atoms with van der Waals surface area (Å²) in [6, 6.07) is 7.17. The van der Waals surface area contributed by atoms with Gasteiger partial charge in [-0.15, -0.1) is 0 Å². The third-order valence-electron chi connectivity index (χ3n) is 2.92. The molecule has 9 heteroatoms. The molecular weight excluding hydrogens is 373 g/mol. The minimum Gasteiger partial charge on any atom is -0.484 e. The molecule has 0 saturated carbocycles. The highest BCUT2D eigenvalue weighted by Gasteiger charge is 2.28. The fourth-order valence-electron chi connectivity index (χ4n) is 1.82. The van der Waals surface area contributed by atoms with E-state index in [0.29, 0.717) is 5.56 Å². The largest absolute Gasteiger partial charge is 0.484 e.